The van der Waals surface area contributed by atoms with Gasteiger partial charge in [0.05, 0.1) is 10.2 Å². The van der Waals surface area contributed by atoms with Gasteiger partial charge in [-0.15, -0.1) is 36.2 Å². The van der Waals surface area contributed by atoms with Gasteiger partial charge in [-0.2, -0.15) is 0 Å². The fraction of sp³-hybridized carbons (Fsp3) is 0.125. The van der Waals surface area contributed by atoms with Crippen molar-refractivity contribution in [2.24, 2.45) is 5.73 Å². The lowest BCUT2D eigenvalue weighted by Crippen LogP contribution is -1.91. The van der Waals surface area contributed by atoms with Crippen LogP contribution in [0.5, 0.6) is 0 Å². The lowest BCUT2D eigenvalue weighted by molar-refractivity contribution is 1.11. The Hall–Kier alpha value is -0.550. The third-order valence-electron chi connectivity index (χ3n) is 1.65. The third-order valence-corrected chi connectivity index (χ3v) is 2.76. The van der Waals surface area contributed by atoms with Gasteiger partial charge in [0.25, 0.3) is 0 Å². The van der Waals surface area contributed by atoms with Crippen LogP contribution in [0.1, 0.15) is 4.88 Å². The van der Waals surface area contributed by atoms with Crippen LogP contribution in [0, 0.1) is 0 Å². The van der Waals surface area contributed by atoms with E-state index in [9.17, 15) is 0 Å². The molecule has 0 saturated heterocycles. The Kier molecular flexibility index (Phi) is 5.15. The van der Waals surface area contributed by atoms with Gasteiger partial charge in [-0.05, 0) is 18.2 Å². The minimum Gasteiger partial charge on any atom is -0.384 e. The number of nitrogens with zero attached hydrogens (tertiary/aromatic N) is 1. The van der Waals surface area contributed by atoms with Gasteiger partial charge in [-0.1, -0.05) is 0 Å². The molecule has 0 saturated carbocycles. The summed E-state index contributed by atoms with van der Waals surface area (Å²) in [7, 11) is 0. The highest BCUT2D eigenvalue weighted by atomic mass is 35.5. The molecule has 2 heterocycles. The lowest BCUT2D eigenvalue weighted by Gasteiger charge is -1.89. The van der Waals surface area contributed by atoms with Gasteiger partial charge >= 0.3 is 0 Å². The first-order valence-electron chi connectivity index (χ1n) is 3.64. The van der Waals surface area contributed by atoms with Crippen molar-refractivity contribution in [3.05, 3.63) is 23.1 Å². The Labute approximate surface area is 98.3 Å². The van der Waals surface area contributed by atoms with E-state index in [-0.39, 0.29) is 24.8 Å². The SMILES string of the molecule is Cl.Cl.NCc1cc2nc(N)ccc2s1. The maximum absolute atomic E-state index is 5.54. The Bertz CT molecular complexity index is 416. The number of fused-ring (bicyclic) bond motifs is 1. The Morgan fingerprint density at radius 2 is 2.00 bits per heavy atom. The van der Waals surface area contributed by atoms with Crippen molar-refractivity contribution in [3.63, 3.8) is 0 Å². The topological polar surface area (TPSA) is 64.9 Å². The number of aromatic nitrogens is 1. The van der Waals surface area contributed by atoms with Crippen molar-refractivity contribution in [3.8, 4) is 0 Å². The molecule has 78 valence electrons. The van der Waals surface area contributed by atoms with E-state index >= 15 is 0 Å². The molecule has 0 aliphatic rings. The van der Waals surface area contributed by atoms with Crippen LogP contribution in [-0.4, -0.2) is 4.98 Å². The van der Waals surface area contributed by atoms with Crippen molar-refractivity contribution in [2.75, 3.05) is 5.73 Å². The van der Waals surface area contributed by atoms with Gasteiger partial charge in [0.2, 0.25) is 0 Å². The van der Waals surface area contributed by atoms with Crippen LogP contribution in [0.15, 0.2) is 18.2 Å². The van der Waals surface area contributed by atoms with Crippen LogP contribution in [0.3, 0.4) is 0 Å². The Morgan fingerprint density at radius 3 is 2.64 bits per heavy atom. The Morgan fingerprint density at radius 1 is 1.29 bits per heavy atom. The van der Waals surface area contributed by atoms with Gasteiger partial charge in [0.1, 0.15) is 5.82 Å². The zero-order valence-corrected chi connectivity index (χ0v) is 9.72. The molecule has 0 aromatic carbocycles. The van der Waals surface area contributed by atoms with Gasteiger partial charge in [-0.3, -0.25) is 0 Å². The highest BCUT2D eigenvalue weighted by molar-refractivity contribution is 7.19. The molecular formula is C8H11Cl2N3S. The molecule has 0 amide bonds. The molecule has 0 aliphatic heterocycles. The van der Waals surface area contributed by atoms with E-state index < -0.39 is 0 Å². The fourth-order valence-electron chi connectivity index (χ4n) is 1.09. The van der Waals surface area contributed by atoms with Crippen molar-refractivity contribution in [1.82, 2.24) is 4.98 Å². The van der Waals surface area contributed by atoms with E-state index in [0.717, 1.165) is 15.1 Å². The molecule has 0 spiro atoms. The lowest BCUT2D eigenvalue weighted by atomic mass is 10.3. The molecule has 0 aliphatic carbocycles. The molecule has 0 atom stereocenters. The van der Waals surface area contributed by atoms with Crippen molar-refractivity contribution in [1.29, 1.82) is 0 Å². The second kappa shape index (κ2) is 5.36. The number of anilines is 1. The van der Waals surface area contributed by atoms with Crippen LogP contribution < -0.4 is 11.5 Å². The molecule has 6 heteroatoms. The number of nitrogens with two attached hydrogens (primary N) is 2. The number of halogens is 2. The highest BCUT2D eigenvalue weighted by Crippen LogP contribution is 2.24. The maximum Gasteiger partial charge on any atom is 0.124 e. The summed E-state index contributed by atoms with van der Waals surface area (Å²) in [6.07, 6.45) is 0. The quantitative estimate of drug-likeness (QED) is 0.817. The van der Waals surface area contributed by atoms with Crippen molar-refractivity contribution in [2.45, 2.75) is 6.54 Å². The average Bonchev–Trinajstić information content (AvgIpc) is 2.46. The molecule has 14 heavy (non-hydrogen) atoms. The van der Waals surface area contributed by atoms with Crippen molar-refractivity contribution >= 4 is 52.2 Å². The predicted octanol–water partition coefficient (Wildman–Crippen LogP) is 2.18. The largest absolute Gasteiger partial charge is 0.384 e. The van der Waals surface area contributed by atoms with Crippen LogP contribution in [0.25, 0.3) is 10.2 Å². The zero-order chi connectivity index (χ0) is 8.55. The maximum atomic E-state index is 5.54. The van der Waals surface area contributed by atoms with E-state index in [1.807, 2.05) is 12.1 Å². The second-order valence-electron chi connectivity index (χ2n) is 2.54. The molecule has 2 rings (SSSR count). The normalized spacial score (nSPS) is 9.21. The van der Waals surface area contributed by atoms with Crippen molar-refractivity contribution < 1.29 is 0 Å². The molecule has 0 bridgehead atoms. The summed E-state index contributed by atoms with van der Waals surface area (Å²) >= 11 is 1.66. The van der Waals surface area contributed by atoms with Crippen LogP contribution in [0.2, 0.25) is 0 Å². The molecule has 0 radical (unpaired) electrons. The van der Waals surface area contributed by atoms with Gasteiger partial charge in [0.15, 0.2) is 0 Å². The van der Waals surface area contributed by atoms with Gasteiger partial charge in [-0.25, -0.2) is 4.98 Å². The number of thiophene rings is 1. The molecule has 2 aromatic rings. The summed E-state index contributed by atoms with van der Waals surface area (Å²) in [4.78, 5) is 5.32. The number of rotatable bonds is 1. The fourth-order valence-corrected chi connectivity index (χ4v) is 1.97. The minimum atomic E-state index is 0. The molecule has 4 N–H and O–H groups in total. The third kappa shape index (κ3) is 2.48. The van der Waals surface area contributed by atoms with E-state index in [0.29, 0.717) is 12.4 Å². The molecule has 2 aromatic heterocycles. The van der Waals surface area contributed by atoms with Gasteiger partial charge < -0.3 is 11.5 Å². The summed E-state index contributed by atoms with van der Waals surface area (Å²) in [5.41, 5.74) is 12.0. The second-order valence-corrected chi connectivity index (χ2v) is 3.70. The zero-order valence-electron chi connectivity index (χ0n) is 7.27. The van der Waals surface area contributed by atoms with Crippen LogP contribution in [0.4, 0.5) is 5.82 Å². The highest BCUT2D eigenvalue weighted by Gasteiger charge is 2.00. The number of hydrogen-bond acceptors (Lipinski definition) is 4. The van der Waals surface area contributed by atoms with Crippen LogP contribution in [-0.2, 0) is 6.54 Å². The Balaban J connectivity index is 0.000000845. The smallest absolute Gasteiger partial charge is 0.124 e. The number of pyridine rings is 1. The van der Waals surface area contributed by atoms with E-state index in [2.05, 4.69) is 4.98 Å². The van der Waals surface area contributed by atoms with Crippen LogP contribution >= 0.6 is 36.2 Å². The van der Waals surface area contributed by atoms with Gasteiger partial charge in [0, 0.05) is 11.4 Å². The first kappa shape index (κ1) is 13.4. The number of nitrogen functional groups attached to an aromatic ring is 1. The monoisotopic (exact) mass is 251 g/mol. The summed E-state index contributed by atoms with van der Waals surface area (Å²) in [5, 5.41) is 0. The summed E-state index contributed by atoms with van der Waals surface area (Å²) in [6, 6.07) is 5.76. The molecule has 3 nitrogen and oxygen atoms in total. The predicted molar refractivity (Wildman–Crippen MR) is 66.4 cm³/mol. The molecule has 0 unspecified atom stereocenters. The first-order valence-corrected chi connectivity index (χ1v) is 4.46. The standard InChI is InChI=1S/C8H9N3S.2ClH/c9-4-5-3-6-7(12-5)1-2-8(10)11-6;;/h1-3H,4,9H2,(H2,10,11);2*1H. The van der Waals surface area contributed by atoms with E-state index in [1.165, 1.54) is 0 Å². The molecular weight excluding hydrogens is 241 g/mol. The van der Waals surface area contributed by atoms with E-state index in [4.69, 9.17) is 11.5 Å². The molecule has 0 fully saturated rings. The van der Waals surface area contributed by atoms with E-state index in [1.54, 1.807) is 17.4 Å². The summed E-state index contributed by atoms with van der Waals surface area (Å²) < 4.78 is 1.14. The summed E-state index contributed by atoms with van der Waals surface area (Å²) in [6.45, 7) is 0.570. The summed E-state index contributed by atoms with van der Waals surface area (Å²) in [5.74, 6) is 0.559. The minimum absolute atomic E-state index is 0. The number of hydrogen-bond donors (Lipinski definition) is 2. The average molecular weight is 252 g/mol. The first-order chi connectivity index (χ1) is 5.79.